The summed E-state index contributed by atoms with van der Waals surface area (Å²) in [5.41, 5.74) is 6.95. The molecule has 0 heterocycles. The molecular formula is C13H22N2O2. The van der Waals surface area contributed by atoms with Crippen molar-refractivity contribution < 1.29 is 9.47 Å². The van der Waals surface area contributed by atoms with Gasteiger partial charge in [-0.2, -0.15) is 0 Å². The molecule has 0 aromatic heterocycles. The molecule has 1 rings (SSSR count). The van der Waals surface area contributed by atoms with Crippen LogP contribution in [0.4, 0.5) is 0 Å². The topological polar surface area (TPSA) is 56.5 Å². The molecule has 0 radical (unpaired) electrons. The summed E-state index contributed by atoms with van der Waals surface area (Å²) in [7, 11) is 5.24. The number of rotatable bonds is 6. The molecule has 0 spiro atoms. The van der Waals surface area contributed by atoms with Gasteiger partial charge in [-0.1, -0.05) is 6.07 Å². The average molecular weight is 238 g/mol. The maximum atomic E-state index is 5.85. The predicted octanol–water partition coefficient (Wildman–Crippen LogP) is 1.70. The van der Waals surface area contributed by atoms with Crippen LogP contribution in [0.25, 0.3) is 0 Å². The SMILES string of the molecule is CNC(CC(C)N)c1ccc(OC)cc1OC. The number of nitrogens with one attached hydrogen (secondary N) is 1. The van der Waals surface area contributed by atoms with E-state index in [2.05, 4.69) is 5.32 Å². The standard InChI is InChI=1S/C13H22N2O2/c1-9(14)7-12(15-2)11-6-5-10(16-3)8-13(11)17-4/h5-6,8-9,12,15H,7,14H2,1-4H3. The number of nitrogens with two attached hydrogens (primary N) is 1. The first-order valence-corrected chi connectivity index (χ1v) is 5.77. The Labute approximate surface area is 103 Å². The van der Waals surface area contributed by atoms with Crippen LogP contribution in [0, 0.1) is 0 Å². The van der Waals surface area contributed by atoms with Crippen molar-refractivity contribution >= 4 is 0 Å². The zero-order valence-electron chi connectivity index (χ0n) is 11.0. The highest BCUT2D eigenvalue weighted by Crippen LogP contribution is 2.31. The van der Waals surface area contributed by atoms with Crippen LogP contribution in [0.5, 0.6) is 11.5 Å². The number of methoxy groups -OCH3 is 2. The first-order valence-electron chi connectivity index (χ1n) is 5.77. The highest BCUT2D eigenvalue weighted by molar-refractivity contribution is 5.42. The van der Waals surface area contributed by atoms with E-state index in [1.54, 1.807) is 14.2 Å². The van der Waals surface area contributed by atoms with Crippen molar-refractivity contribution in [2.75, 3.05) is 21.3 Å². The van der Waals surface area contributed by atoms with Crippen molar-refractivity contribution in [1.29, 1.82) is 0 Å². The Morgan fingerprint density at radius 2 is 2.00 bits per heavy atom. The van der Waals surface area contributed by atoms with Crippen LogP contribution < -0.4 is 20.5 Å². The van der Waals surface area contributed by atoms with Crippen LogP contribution in [0.15, 0.2) is 18.2 Å². The summed E-state index contributed by atoms with van der Waals surface area (Å²) < 4.78 is 10.6. The normalized spacial score (nSPS) is 14.2. The fourth-order valence-corrected chi connectivity index (χ4v) is 1.88. The Morgan fingerprint density at radius 3 is 2.47 bits per heavy atom. The van der Waals surface area contributed by atoms with E-state index in [1.165, 1.54) is 0 Å². The Bertz CT molecular complexity index is 353. The van der Waals surface area contributed by atoms with E-state index in [4.69, 9.17) is 15.2 Å². The smallest absolute Gasteiger partial charge is 0.127 e. The second kappa shape index (κ2) is 6.47. The molecule has 2 atom stereocenters. The second-order valence-electron chi connectivity index (χ2n) is 4.16. The van der Waals surface area contributed by atoms with Crippen LogP contribution in [0.3, 0.4) is 0 Å². The molecule has 1 aromatic rings. The van der Waals surface area contributed by atoms with Crippen molar-refractivity contribution in [3.8, 4) is 11.5 Å². The summed E-state index contributed by atoms with van der Waals surface area (Å²) in [4.78, 5) is 0. The van der Waals surface area contributed by atoms with Gasteiger partial charge in [0.1, 0.15) is 11.5 Å². The van der Waals surface area contributed by atoms with Crippen LogP contribution in [-0.4, -0.2) is 27.3 Å². The molecule has 0 aliphatic heterocycles. The quantitative estimate of drug-likeness (QED) is 0.792. The zero-order chi connectivity index (χ0) is 12.8. The van der Waals surface area contributed by atoms with Gasteiger partial charge in [0.15, 0.2) is 0 Å². The first kappa shape index (κ1) is 13.8. The van der Waals surface area contributed by atoms with Crippen molar-refractivity contribution in [3.63, 3.8) is 0 Å². The lowest BCUT2D eigenvalue weighted by molar-refractivity contribution is 0.382. The molecule has 96 valence electrons. The van der Waals surface area contributed by atoms with Gasteiger partial charge < -0.3 is 20.5 Å². The molecule has 3 N–H and O–H groups in total. The molecule has 2 unspecified atom stereocenters. The lowest BCUT2D eigenvalue weighted by Crippen LogP contribution is -2.26. The van der Waals surface area contributed by atoms with Gasteiger partial charge in [0.25, 0.3) is 0 Å². The molecule has 0 aliphatic carbocycles. The van der Waals surface area contributed by atoms with Crippen LogP contribution in [0.1, 0.15) is 24.9 Å². The van der Waals surface area contributed by atoms with E-state index >= 15 is 0 Å². The summed E-state index contributed by atoms with van der Waals surface area (Å²) in [6, 6.07) is 6.17. The molecule has 1 aromatic carbocycles. The van der Waals surface area contributed by atoms with Gasteiger partial charge in [0, 0.05) is 23.7 Å². The first-order chi connectivity index (χ1) is 8.12. The highest BCUT2D eigenvalue weighted by Gasteiger charge is 2.16. The lowest BCUT2D eigenvalue weighted by atomic mass is 9.99. The van der Waals surface area contributed by atoms with Crippen molar-refractivity contribution in [2.24, 2.45) is 5.73 Å². The molecule has 0 bridgehead atoms. The van der Waals surface area contributed by atoms with Gasteiger partial charge in [-0.25, -0.2) is 0 Å². The highest BCUT2D eigenvalue weighted by atomic mass is 16.5. The summed E-state index contributed by atoms with van der Waals surface area (Å²) in [6.45, 7) is 2.00. The minimum absolute atomic E-state index is 0.138. The third-order valence-electron chi connectivity index (χ3n) is 2.77. The molecule has 0 saturated carbocycles. The molecule has 0 fully saturated rings. The van der Waals surface area contributed by atoms with E-state index in [0.29, 0.717) is 0 Å². The largest absolute Gasteiger partial charge is 0.497 e. The minimum Gasteiger partial charge on any atom is -0.497 e. The van der Waals surface area contributed by atoms with Crippen LogP contribution in [0.2, 0.25) is 0 Å². The Morgan fingerprint density at radius 1 is 1.29 bits per heavy atom. The van der Waals surface area contributed by atoms with Gasteiger partial charge in [0.2, 0.25) is 0 Å². The van der Waals surface area contributed by atoms with Gasteiger partial charge in [-0.15, -0.1) is 0 Å². The van der Waals surface area contributed by atoms with E-state index in [9.17, 15) is 0 Å². The molecule has 17 heavy (non-hydrogen) atoms. The molecule has 0 amide bonds. The Hall–Kier alpha value is -1.26. The molecular weight excluding hydrogens is 216 g/mol. The maximum Gasteiger partial charge on any atom is 0.127 e. The fraction of sp³-hybridized carbons (Fsp3) is 0.538. The molecule has 4 nitrogen and oxygen atoms in total. The summed E-state index contributed by atoms with van der Waals surface area (Å²) in [5, 5.41) is 3.26. The van der Waals surface area contributed by atoms with Gasteiger partial charge >= 0.3 is 0 Å². The van der Waals surface area contributed by atoms with Crippen LogP contribution in [-0.2, 0) is 0 Å². The second-order valence-corrected chi connectivity index (χ2v) is 4.16. The number of hydrogen-bond donors (Lipinski definition) is 2. The van der Waals surface area contributed by atoms with Gasteiger partial charge in [0.05, 0.1) is 14.2 Å². The number of ether oxygens (including phenoxy) is 2. The number of hydrogen-bond acceptors (Lipinski definition) is 4. The van der Waals surface area contributed by atoms with Crippen molar-refractivity contribution in [3.05, 3.63) is 23.8 Å². The molecule has 0 saturated heterocycles. The van der Waals surface area contributed by atoms with Crippen molar-refractivity contribution in [1.82, 2.24) is 5.32 Å². The molecule has 4 heteroatoms. The number of benzene rings is 1. The summed E-state index contributed by atoms with van der Waals surface area (Å²) >= 11 is 0. The average Bonchev–Trinajstić information content (AvgIpc) is 2.35. The third kappa shape index (κ3) is 3.61. The van der Waals surface area contributed by atoms with Gasteiger partial charge in [-0.05, 0) is 26.5 Å². The summed E-state index contributed by atoms with van der Waals surface area (Å²) in [6.07, 6.45) is 0.860. The Balaban J connectivity index is 3.01. The van der Waals surface area contributed by atoms with Crippen molar-refractivity contribution in [2.45, 2.75) is 25.4 Å². The van der Waals surface area contributed by atoms with E-state index in [1.807, 2.05) is 32.2 Å². The fourth-order valence-electron chi connectivity index (χ4n) is 1.88. The van der Waals surface area contributed by atoms with E-state index in [0.717, 1.165) is 23.5 Å². The summed E-state index contributed by atoms with van der Waals surface area (Å²) in [5.74, 6) is 1.62. The Kier molecular flexibility index (Phi) is 5.25. The van der Waals surface area contributed by atoms with Gasteiger partial charge in [-0.3, -0.25) is 0 Å². The van der Waals surface area contributed by atoms with E-state index in [-0.39, 0.29) is 12.1 Å². The monoisotopic (exact) mass is 238 g/mol. The van der Waals surface area contributed by atoms with Crippen LogP contribution >= 0.6 is 0 Å². The maximum absolute atomic E-state index is 5.85. The minimum atomic E-state index is 0.138. The van der Waals surface area contributed by atoms with E-state index < -0.39 is 0 Å². The molecule has 0 aliphatic rings. The third-order valence-corrected chi connectivity index (χ3v) is 2.77. The zero-order valence-corrected chi connectivity index (χ0v) is 11.0. The predicted molar refractivity (Wildman–Crippen MR) is 69.6 cm³/mol. The lowest BCUT2D eigenvalue weighted by Gasteiger charge is -2.21.